The standard InChI is InChI=1S/C13H9BrClN3O3/c1-7-4-12(16-6-10(7)14)17-13(19)9-3-2-8(18(20)21)5-11(9)15/h2-6H,1H3,(H,16,17,19). The second-order valence-corrected chi connectivity index (χ2v) is 5.46. The molecule has 2 aromatic rings. The molecule has 0 radical (unpaired) electrons. The molecule has 0 atom stereocenters. The molecule has 0 unspecified atom stereocenters. The maximum Gasteiger partial charge on any atom is 0.270 e. The van der Waals surface area contributed by atoms with Crippen LogP contribution in [-0.4, -0.2) is 15.8 Å². The van der Waals surface area contributed by atoms with Crippen LogP contribution in [-0.2, 0) is 0 Å². The first-order chi connectivity index (χ1) is 9.88. The summed E-state index contributed by atoms with van der Waals surface area (Å²) in [4.78, 5) is 26.2. The second kappa shape index (κ2) is 6.19. The summed E-state index contributed by atoms with van der Waals surface area (Å²) < 4.78 is 0.828. The molecule has 1 N–H and O–H groups in total. The van der Waals surface area contributed by atoms with Crippen LogP contribution in [0.5, 0.6) is 0 Å². The van der Waals surface area contributed by atoms with Crippen LogP contribution >= 0.6 is 27.5 Å². The average Bonchev–Trinajstić information content (AvgIpc) is 2.42. The average molecular weight is 371 g/mol. The zero-order chi connectivity index (χ0) is 15.6. The Labute approximate surface area is 133 Å². The Morgan fingerprint density at radius 1 is 1.43 bits per heavy atom. The van der Waals surface area contributed by atoms with Gasteiger partial charge < -0.3 is 5.32 Å². The summed E-state index contributed by atoms with van der Waals surface area (Å²) >= 11 is 9.21. The van der Waals surface area contributed by atoms with Crippen LogP contribution in [0.4, 0.5) is 11.5 Å². The van der Waals surface area contributed by atoms with Gasteiger partial charge in [-0.15, -0.1) is 0 Å². The van der Waals surface area contributed by atoms with Gasteiger partial charge in [0.1, 0.15) is 5.82 Å². The molecule has 1 heterocycles. The fraction of sp³-hybridized carbons (Fsp3) is 0.0769. The fourth-order valence-electron chi connectivity index (χ4n) is 1.59. The van der Waals surface area contributed by atoms with Gasteiger partial charge in [0.25, 0.3) is 11.6 Å². The summed E-state index contributed by atoms with van der Waals surface area (Å²) in [6.07, 6.45) is 1.57. The lowest BCUT2D eigenvalue weighted by Crippen LogP contribution is -2.13. The molecular weight excluding hydrogens is 362 g/mol. The maximum absolute atomic E-state index is 12.1. The molecule has 1 amide bonds. The molecule has 0 aliphatic rings. The van der Waals surface area contributed by atoms with E-state index in [4.69, 9.17) is 11.6 Å². The number of amides is 1. The predicted molar refractivity (Wildman–Crippen MR) is 82.7 cm³/mol. The monoisotopic (exact) mass is 369 g/mol. The van der Waals surface area contributed by atoms with Crippen LogP contribution in [0.15, 0.2) is 34.9 Å². The highest BCUT2D eigenvalue weighted by atomic mass is 79.9. The largest absolute Gasteiger partial charge is 0.307 e. The normalized spacial score (nSPS) is 10.2. The lowest BCUT2D eigenvalue weighted by Gasteiger charge is -2.07. The number of halogens is 2. The Morgan fingerprint density at radius 2 is 2.14 bits per heavy atom. The van der Waals surface area contributed by atoms with Crippen LogP contribution in [0.2, 0.25) is 5.02 Å². The molecule has 2 rings (SSSR count). The van der Waals surface area contributed by atoms with E-state index in [1.54, 1.807) is 12.3 Å². The summed E-state index contributed by atoms with van der Waals surface area (Å²) in [6.45, 7) is 1.86. The van der Waals surface area contributed by atoms with Gasteiger partial charge in [-0.05, 0) is 40.5 Å². The number of nitrogens with one attached hydrogen (secondary N) is 1. The number of carbonyl (C=O) groups is 1. The highest BCUT2D eigenvalue weighted by Crippen LogP contribution is 2.24. The Balaban J connectivity index is 2.24. The van der Waals surface area contributed by atoms with Crippen LogP contribution in [0, 0.1) is 17.0 Å². The molecular formula is C13H9BrClN3O3. The maximum atomic E-state index is 12.1. The number of carbonyl (C=O) groups excluding carboxylic acids is 1. The van der Waals surface area contributed by atoms with Crippen LogP contribution in [0.25, 0.3) is 0 Å². The molecule has 1 aromatic heterocycles. The molecule has 0 bridgehead atoms. The number of hydrogen-bond acceptors (Lipinski definition) is 4. The minimum Gasteiger partial charge on any atom is -0.307 e. The number of nitrogens with zero attached hydrogens (tertiary/aromatic N) is 2. The third-order valence-electron chi connectivity index (χ3n) is 2.70. The van der Waals surface area contributed by atoms with Gasteiger partial charge in [0, 0.05) is 22.8 Å². The van der Waals surface area contributed by atoms with Crippen LogP contribution in [0.1, 0.15) is 15.9 Å². The molecule has 0 aliphatic heterocycles. The summed E-state index contributed by atoms with van der Waals surface area (Å²) in [5, 5.41) is 13.2. The minimum absolute atomic E-state index is 0.00975. The van der Waals surface area contributed by atoms with E-state index >= 15 is 0 Å². The predicted octanol–water partition coefficient (Wildman–Crippen LogP) is 3.97. The summed E-state index contributed by atoms with van der Waals surface area (Å²) in [5.41, 5.74) is 0.883. The smallest absolute Gasteiger partial charge is 0.270 e. The number of hydrogen-bond donors (Lipinski definition) is 1. The molecule has 1 aromatic carbocycles. The van der Waals surface area contributed by atoms with Crippen molar-refractivity contribution >= 4 is 44.9 Å². The van der Waals surface area contributed by atoms with Crippen molar-refractivity contribution in [2.45, 2.75) is 6.92 Å². The summed E-state index contributed by atoms with van der Waals surface area (Å²) in [6, 6.07) is 5.36. The number of benzene rings is 1. The molecule has 0 fully saturated rings. The number of nitro groups is 1. The van der Waals surface area contributed by atoms with Gasteiger partial charge in [0.15, 0.2) is 0 Å². The van der Waals surface area contributed by atoms with E-state index < -0.39 is 10.8 Å². The van der Waals surface area contributed by atoms with Crippen molar-refractivity contribution in [2.75, 3.05) is 5.32 Å². The van der Waals surface area contributed by atoms with E-state index in [0.717, 1.165) is 16.1 Å². The lowest BCUT2D eigenvalue weighted by molar-refractivity contribution is -0.384. The van der Waals surface area contributed by atoms with Crippen molar-refractivity contribution in [1.29, 1.82) is 0 Å². The van der Waals surface area contributed by atoms with Crippen molar-refractivity contribution in [1.82, 2.24) is 4.98 Å². The first kappa shape index (κ1) is 15.4. The number of aryl methyl sites for hydroxylation is 1. The zero-order valence-corrected chi connectivity index (χ0v) is 13.1. The number of aromatic nitrogens is 1. The number of rotatable bonds is 3. The Hall–Kier alpha value is -1.99. The van der Waals surface area contributed by atoms with E-state index in [2.05, 4.69) is 26.2 Å². The SMILES string of the molecule is Cc1cc(NC(=O)c2ccc([N+](=O)[O-])cc2Cl)ncc1Br. The molecule has 0 saturated carbocycles. The van der Waals surface area contributed by atoms with Crippen LogP contribution < -0.4 is 5.32 Å². The number of pyridine rings is 1. The van der Waals surface area contributed by atoms with Gasteiger partial charge in [-0.1, -0.05) is 11.6 Å². The van der Waals surface area contributed by atoms with Gasteiger partial charge in [-0.2, -0.15) is 0 Å². The highest BCUT2D eigenvalue weighted by molar-refractivity contribution is 9.10. The lowest BCUT2D eigenvalue weighted by atomic mass is 10.2. The molecule has 21 heavy (non-hydrogen) atoms. The Morgan fingerprint density at radius 3 is 2.71 bits per heavy atom. The summed E-state index contributed by atoms with van der Waals surface area (Å²) in [5.74, 6) is -0.112. The number of anilines is 1. The second-order valence-electron chi connectivity index (χ2n) is 4.19. The van der Waals surface area contributed by atoms with Crippen molar-refractivity contribution in [2.24, 2.45) is 0 Å². The first-order valence-electron chi connectivity index (χ1n) is 5.76. The molecule has 0 spiro atoms. The number of nitro benzene ring substituents is 1. The molecule has 0 aliphatic carbocycles. The quantitative estimate of drug-likeness (QED) is 0.654. The van der Waals surface area contributed by atoms with Gasteiger partial charge in [-0.3, -0.25) is 14.9 Å². The van der Waals surface area contributed by atoms with E-state index in [-0.39, 0.29) is 16.3 Å². The number of non-ortho nitro benzene ring substituents is 1. The van der Waals surface area contributed by atoms with Crippen molar-refractivity contribution in [3.8, 4) is 0 Å². The Kier molecular flexibility index (Phi) is 4.54. The molecule has 0 saturated heterocycles. The third-order valence-corrected chi connectivity index (χ3v) is 3.84. The molecule has 108 valence electrons. The van der Waals surface area contributed by atoms with E-state index in [1.807, 2.05) is 6.92 Å². The zero-order valence-electron chi connectivity index (χ0n) is 10.8. The van der Waals surface area contributed by atoms with Crippen molar-refractivity contribution in [3.05, 3.63) is 61.2 Å². The minimum atomic E-state index is -0.576. The van der Waals surface area contributed by atoms with Gasteiger partial charge in [0.2, 0.25) is 0 Å². The fourth-order valence-corrected chi connectivity index (χ4v) is 2.07. The Bertz CT molecular complexity index is 737. The summed E-state index contributed by atoms with van der Waals surface area (Å²) in [7, 11) is 0. The van der Waals surface area contributed by atoms with E-state index in [0.29, 0.717) is 5.82 Å². The first-order valence-corrected chi connectivity index (χ1v) is 6.93. The van der Waals surface area contributed by atoms with Crippen molar-refractivity contribution < 1.29 is 9.72 Å². The van der Waals surface area contributed by atoms with Gasteiger partial charge in [0.05, 0.1) is 15.5 Å². The van der Waals surface area contributed by atoms with Gasteiger partial charge >= 0.3 is 0 Å². The van der Waals surface area contributed by atoms with Gasteiger partial charge in [-0.25, -0.2) is 4.98 Å². The topological polar surface area (TPSA) is 85.1 Å². The van der Waals surface area contributed by atoms with Crippen LogP contribution in [0.3, 0.4) is 0 Å². The van der Waals surface area contributed by atoms with Crippen molar-refractivity contribution in [3.63, 3.8) is 0 Å². The molecule has 6 nitrogen and oxygen atoms in total. The van der Waals surface area contributed by atoms with E-state index in [9.17, 15) is 14.9 Å². The third kappa shape index (κ3) is 3.56. The molecule has 8 heteroatoms. The van der Waals surface area contributed by atoms with E-state index in [1.165, 1.54) is 12.1 Å². The highest BCUT2D eigenvalue weighted by Gasteiger charge is 2.15.